The highest BCUT2D eigenvalue weighted by atomic mass is 16.5. The molecule has 1 heterocycles. The second kappa shape index (κ2) is 8.41. The van der Waals surface area contributed by atoms with Crippen molar-refractivity contribution < 1.29 is 14.3 Å². The van der Waals surface area contributed by atoms with E-state index in [9.17, 15) is 4.79 Å². The quantitative estimate of drug-likeness (QED) is 0.700. The molecule has 1 unspecified atom stereocenters. The summed E-state index contributed by atoms with van der Waals surface area (Å²) in [5, 5.41) is 5.72. The lowest BCUT2D eigenvalue weighted by Crippen LogP contribution is -2.39. The molecule has 0 aromatic carbocycles. The van der Waals surface area contributed by atoms with Gasteiger partial charge in [0.1, 0.15) is 6.04 Å². The number of aromatic nitrogens is 2. The lowest BCUT2D eigenvalue weighted by atomic mass is 10.3. The molecule has 1 amide bonds. The van der Waals surface area contributed by atoms with Gasteiger partial charge in [0.2, 0.25) is 17.7 Å². The number of rotatable bonds is 8. The van der Waals surface area contributed by atoms with Gasteiger partial charge in [0.25, 0.3) is 0 Å². The number of hydrogen-bond acceptors (Lipinski definition) is 6. The summed E-state index contributed by atoms with van der Waals surface area (Å²) in [5.74, 6) is 0.732. The van der Waals surface area contributed by atoms with Crippen molar-refractivity contribution in [3.63, 3.8) is 0 Å². The van der Waals surface area contributed by atoms with E-state index in [1.807, 2.05) is 20.8 Å². The minimum atomic E-state index is -0.449. The van der Waals surface area contributed by atoms with Crippen LogP contribution in [0.3, 0.4) is 0 Å². The van der Waals surface area contributed by atoms with E-state index >= 15 is 0 Å². The molecule has 7 nitrogen and oxygen atoms in total. The summed E-state index contributed by atoms with van der Waals surface area (Å²) in [6, 6.07) is 1.31. The summed E-state index contributed by atoms with van der Waals surface area (Å²) in [7, 11) is 1.59. The molecule has 0 spiro atoms. The number of carbonyl (C=O) groups excluding carboxylic acids is 1. The van der Waals surface area contributed by atoms with Crippen LogP contribution in [0.1, 0.15) is 26.5 Å². The molecule has 1 rings (SSSR count). The van der Waals surface area contributed by atoms with E-state index in [0.717, 1.165) is 5.69 Å². The van der Waals surface area contributed by atoms with E-state index in [1.165, 1.54) is 0 Å². The zero-order chi connectivity index (χ0) is 15.8. The number of hydrogen-bond donors (Lipinski definition) is 2. The van der Waals surface area contributed by atoms with E-state index in [-0.39, 0.29) is 12.0 Å². The Hall–Kier alpha value is -1.89. The highest BCUT2D eigenvalue weighted by Gasteiger charge is 2.14. The Morgan fingerprint density at radius 1 is 1.33 bits per heavy atom. The fraction of sp³-hybridized carbons (Fsp3) is 0.643. The predicted molar refractivity (Wildman–Crippen MR) is 80.5 cm³/mol. The molecule has 0 saturated heterocycles. The van der Waals surface area contributed by atoms with Gasteiger partial charge in [0.15, 0.2) is 0 Å². The van der Waals surface area contributed by atoms with Crippen LogP contribution in [0.4, 0.5) is 5.95 Å². The Morgan fingerprint density at radius 3 is 2.67 bits per heavy atom. The van der Waals surface area contributed by atoms with Gasteiger partial charge in [-0.1, -0.05) is 0 Å². The van der Waals surface area contributed by atoms with Crippen molar-refractivity contribution in [3.8, 4) is 5.88 Å². The van der Waals surface area contributed by atoms with Crippen LogP contribution in [0.5, 0.6) is 5.88 Å². The zero-order valence-electron chi connectivity index (χ0n) is 13.3. The summed E-state index contributed by atoms with van der Waals surface area (Å²) in [6.45, 7) is 8.40. The highest BCUT2D eigenvalue weighted by Crippen LogP contribution is 2.14. The van der Waals surface area contributed by atoms with Gasteiger partial charge < -0.3 is 20.1 Å². The maximum absolute atomic E-state index is 11.9. The molecule has 0 bridgehead atoms. The standard InChI is InChI=1S/C14H24N4O3/c1-9(2)21-12-8-10(3)16-14(18-12)17-11(4)13(19)15-6-7-20-5/h8-9,11H,6-7H2,1-5H3,(H,15,19)(H,16,17,18). The van der Waals surface area contributed by atoms with Crippen molar-refractivity contribution in [2.24, 2.45) is 0 Å². The van der Waals surface area contributed by atoms with Crippen molar-refractivity contribution >= 4 is 11.9 Å². The number of aryl methyl sites for hydroxylation is 1. The SMILES string of the molecule is COCCNC(=O)C(C)Nc1nc(C)cc(OC(C)C)n1. The fourth-order valence-corrected chi connectivity index (χ4v) is 1.59. The molecule has 0 fully saturated rings. The van der Waals surface area contributed by atoms with Gasteiger partial charge in [-0.2, -0.15) is 4.98 Å². The van der Waals surface area contributed by atoms with E-state index < -0.39 is 6.04 Å². The number of carbonyl (C=O) groups is 1. The maximum atomic E-state index is 11.9. The first-order valence-electron chi connectivity index (χ1n) is 6.98. The molecule has 0 saturated carbocycles. The summed E-state index contributed by atoms with van der Waals surface area (Å²) < 4.78 is 10.4. The van der Waals surface area contributed by atoms with Crippen LogP contribution in [0.15, 0.2) is 6.07 Å². The molecule has 2 N–H and O–H groups in total. The second-order valence-electron chi connectivity index (χ2n) is 4.99. The smallest absolute Gasteiger partial charge is 0.242 e. The van der Waals surface area contributed by atoms with E-state index in [0.29, 0.717) is 25.0 Å². The van der Waals surface area contributed by atoms with Gasteiger partial charge in [0, 0.05) is 25.4 Å². The Kier molecular flexibility index (Phi) is 6.87. The normalized spacial score (nSPS) is 12.1. The predicted octanol–water partition coefficient (Wildman–Crippen LogP) is 1.14. The van der Waals surface area contributed by atoms with Gasteiger partial charge in [-0.15, -0.1) is 0 Å². The Labute approximate surface area is 125 Å². The second-order valence-corrected chi connectivity index (χ2v) is 4.99. The van der Waals surface area contributed by atoms with E-state index in [1.54, 1.807) is 20.1 Å². The van der Waals surface area contributed by atoms with Gasteiger partial charge >= 0.3 is 0 Å². The Balaban J connectivity index is 2.64. The van der Waals surface area contributed by atoms with Crippen molar-refractivity contribution in [1.29, 1.82) is 0 Å². The largest absolute Gasteiger partial charge is 0.475 e. The monoisotopic (exact) mass is 296 g/mol. The topological polar surface area (TPSA) is 85.4 Å². The first-order chi connectivity index (χ1) is 9.92. The van der Waals surface area contributed by atoms with Crippen LogP contribution in [0.2, 0.25) is 0 Å². The maximum Gasteiger partial charge on any atom is 0.242 e. The van der Waals surface area contributed by atoms with Crippen LogP contribution >= 0.6 is 0 Å². The lowest BCUT2D eigenvalue weighted by Gasteiger charge is -2.15. The Bertz CT molecular complexity index is 466. The minimum absolute atomic E-state index is 0.0296. The van der Waals surface area contributed by atoms with Crippen molar-refractivity contribution in [1.82, 2.24) is 15.3 Å². The van der Waals surface area contributed by atoms with Crippen LogP contribution < -0.4 is 15.4 Å². The summed E-state index contributed by atoms with van der Waals surface area (Å²) >= 11 is 0. The van der Waals surface area contributed by atoms with Gasteiger partial charge in [0.05, 0.1) is 12.7 Å². The number of methoxy groups -OCH3 is 1. The highest BCUT2D eigenvalue weighted by molar-refractivity contribution is 5.83. The third-order valence-corrected chi connectivity index (χ3v) is 2.53. The molecule has 0 aliphatic carbocycles. The van der Waals surface area contributed by atoms with Gasteiger partial charge in [-0.05, 0) is 27.7 Å². The van der Waals surface area contributed by atoms with Crippen LogP contribution in [0, 0.1) is 6.92 Å². The average Bonchev–Trinajstić information content (AvgIpc) is 2.37. The van der Waals surface area contributed by atoms with Gasteiger partial charge in [-0.3, -0.25) is 4.79 Å². The molecule has 21 heavy (non-hydrogen) atoms. The van der Waals surface area contributed by atoms with Crippen LogP contribution in [-0.2, 0) is 9.53 Å². The molecule has 1 atom stereocenters. The van der Waals surface area contributed by atoms with Crippen LogP contribution in [0.25, 0.3) is 0 Å². The third kappa shape index (κ3) is 6.40. The molecular weight excluding hydrogens is 272 g/mol. The summed E-state index contributed by atoms with van der Waals surface area (Å²) in [6.07, 6.45) is 0.0296. The Morgan fingerprint density at radius 2 is 2.05 bits per heavy atom. The molecule has 0 radical (unpaired) electrons. The number of anilines is 1. The number of nitrogens with zero attached hydrogens (tertiary/aromatic N) is 2. The molecule has 1 aromatic rings. The molecule has 0 aliphatic heterocycles. The van der Waals surface area contributed by atoms with Crippen molar-refractivity contribution in [2.75, 3.05) is 25.6 Å². The number of amides is 1. The lowest BCUT2D eigenvalue weighted by molar-refractivity contribution is -0.121. The molecular formula is C14H24N4O3. The third-order valence-electron chi connectivity index (χ3n) is 2.53. The summed E-state index contributed by atoms with van der Waals surface area (Å²) in [5.41, 5.74) is 0.773. The zero-order valence-corrected chi connectivity index (χ0v) is 13.3. The fourth-order valence-electron chi connectivity index (χ4n) is 1.59. The van der Waals surface area contributed by atoms with Crippen LogP contribution in [-0.4, -0.2) is 48.3 Å². The molecule has 118 valence electrons. The first kappa shape index (κ1) is 17.2. The average molecular weight is 296 g/mol. The molecule has 0 aliphatic rings. The number of ether oxygens (including phenoxy) is 2. The van der Waals surface area contributed by atoms with Crippen molar-refractivity contribution in [2.45, 2.75) is 39.8 Å². The van der Waals surface area contributed by atoms with Crippen molar-refractivity contribution in [3.05, 3.63) is 11.8 Å². The number of nitrogens with one attached hydrogen (secondary N) is 2. The minimum Gasteiger partial charge on any atom is -0.475 e. The molecule has 7 heteroatoms. The molecule has 1 aromatic heterocycles. The van der Waals surface area contributed by atoms with E-state index in [4.69, 9.17) is 9.47 Å². The van der Waals surface area contributed by atoms with Gasteiger partial charge in [-0.25, -0.2) is 4.98 Å². The van der Waals surface area contributed by atoms with E-state index in [2.05, 4.69) is 20.6 Å². The summed E-state index contributed by atoms with van der Waals surface area (Å²) in [4.78, 5) is 20.4. The first-order valence-corrected chi connectivity index (χ1v) is 6.98.